The maximum atomic E-state index is 12.5. The summed E-state index contributed by atoms with van der Waals surface area (Å²) < 4.78 is 1.06. The normalized spacial score (nSPS) is 15.9. The van der Waals surface area contributed by atoms with Crippen molar-refractivity contribution >= 4 is 38.9 Å². The highest BCUT2D eigenvalue weighted by Gasteiger charge is 2.28. The number of fused-ring (bicyclic) bond motifs is 1. The van der Waals surface area contributed by atoms with E-state index in [9.17, 15) is 4.79 Å². The summed E-state index contributed by atoms with van der Waals surface area (Å²) in [6.07, 6.45) is 6.61. The molecule has 0 unspecified atom stereocenters. The third-order valence-corrected chi connectivity index (χ3v) is 5.30. The average Bonchev–Trinajstić information content (AvgIpc) is 3.03. The molecule has 0 saturated heterocycles. The molecule has 1 aliphatic carbocycles. The molecule has 0 radical (unpaired) electrons. The van der Waals surface area contributed by atoms with Gasteiger partial charge in [-0.05, 0) is 30.4 Å². The quantitative estimate of drug-likeness (QED) is 0.775. The van der Waals surface area contributed by atoms with Gasteiger partial charge in [-0.3, -0.25) is 4.79 Å². The standard InChI is InChI=1S/C15H17ClN2OS/c1-18(2)15(19)14-13(9-5-3-4-6-9)10-7-12(16)17-8-11(10)20-14/h7-9H,3-6H2,1-2H3. The van der Waals surface area contributed by atoms with Crippen molar-refractivity contribution in [1.29, 1.82) is 0 Å². The zero-order chi connectivity index (χ0) is 14.3. The summed E-state index contributed by atoms with van der Waals surface area (Å²) in [5.74, 6) is 0.574. The number of amides is 1. The number of aromatic nitrogens is 1. The van der Waals surface area contributed by atoms with Gasteiger partial charge in [0.25, 0.3) is 5.91 Å². The average molecular weight is 309 g/mol. The van der Waals surface area contributed by atoms with Crippen LogP contribution < -0.4 is 0 Å². The van der Waals surface area contributed by atoms with Gasteiger partial charge in [-0.15, -0.1) is 11.3 Å². The summed E-state index contributed by atoms with van der Waals surface area (Å²) in [4.78, 5) is 19.1. The third kappa shape index (κ3) is 2.31. The molecule has 1 fully saturated rings. The van der Waals surface area contributed by atoms with E-state index in [1.807, 2.05) is 6.07 Å². The van der Waals surface area contributed by atoms with Crippen LogP contribution in [0.15, 0.2) is 12.3 Å². The summed E-state index contributed by atoms with van der Waals surface area (Å²) in [7, 11) is 3.60. The van der Waals surface area contributed by atoms with Crippen LogP contribution in [0.25, 0.3) is 10.1 Å². The molecule has 106 valence electrons. The summed E-state index contributed by atoms with van der Waals surface area (Å²) in [6, 6.07) is 1.91. The monoisotopic (exact) mass is 308 g/mol. The van der Waals surface area contributed by atoms with Crippen LogP contribution >= 0.6 is 22.9 Å². The van der Waals surface area contributed by atoms with Gasteiger partial charge in [0.2, 0.25) is 0 Å². The first-order valence-electron chi connectivity index (χ1n) is 6.87. The second-order valence-corrected chi connectivity index (χ2v) is 6.97. The number of rotatable bonds is 2. The van der Waals surface area contributed by atoms with Crippen molar-refractivity contribution in [2.24, 2.45) is 0 Å². The number of thiophene rings is 1. The van der Waals surface area contributed by atoms with Gasteiger partial charge in [-0.2, -0.15) is 0 Å². The van der Waals surface area contributed by atoms with E-state index >= 15 is 0 Å². The van der Waals surface area contributed by atoms with Crippen LogP contribution in [-0.4, -0.2) is 29.9 Å². The molecule has 0 atom stereocenters. The first-order valence-corrected chi connectivity index (χ1v) is 8.07. The number of hydrogen-bond donors (Lipinski definition) is 0. The zero-order valence-electron chi connectivity index (χ0n) is 11.6. The van der Waals surface area contributed by atoms with Gasteiger partial charge >= 0.3 is 0 Å². The molecule has 2 aromatic heterocycles. The molecule has 1 amide bonds. The molecule has 3 rings (SSSR count). The molecule has 0 N–H and O–H groups in total. The Morgan fingerprint density at radius 1 is 1.40 bits per heavy atom. The highest BCUT2D eigenvalue weighted by Crippen LogP contribution is 2.43. The Balaban J connectivity index is 2.22. The zero-order valence-corrected chi connectivity index (χ0v) is 13.2. The molecule has 0 bridgehead atoms. The van der Waals surface area contributed by atoms with Crippen LogP contribution in [0, 0.1) is 0 Å². The second-order valence-electron chi connectivity index (χ2n) is 5.53. The molecule has 20 heavy (non-hydrogen) atoms. The first-order chi connectivity index (χ1) is 9.58. The molecule has 1 saturated carbocycles. The number of pyridine rings is 1. The van der Waals surface area contributed by atoms with Crippen LogP contribution in [0.3, 0.4) is 0 Å². The minimum absolute atomic E-state index is 0.0872. The molecule has 0 aromatic carbocycles. The lowest BCUT2D eigenvalue weighted by atomic mass is 9.94. The van der Waals surface area contributed by atoms with Gasteiger partial charge in [0.15, 0.2) is 0 Å². The van der Waals surface area contributed by atoms with Gasteiger partial charge in [-0.1, -0.05) is 24.4 Å². The van der Waals surface area contributed by atoms with E-state index in [2.05, 4.69) is 4.98 Å². The molecule has 1 aliphatic rings. The maximum Gasteiger partial charge on any atom is 0.263 e. The number of carbonyl (C=O) groups excluding carboxylic acids is 1. The fourth-order valence-electron chi connectivity index (χ4n) is 2.98. The Morgan fingerprint density at radius 2 is 2.10 bits per heavy atom. The molecular formula is C15H17ClN2OS. The van der Waals surface area contributed by atoms with E-state index in [1.54, 1.807) is 36.5 Å². The van der Waals surface area contributed by atoms with E-state index < -0.39 is 0 Å². The van der Waals surface area contributed by atoms with Crippen molar-refractivity contribution in [3.8, 4) is 0 Å². The number of halogens is 1. The predicted octanol–water partition coefficient (Wildman–Crippen LogP) is 4.31. The van der Waals surface area contributed by atoms with E-state index in [4.69, 9.17) is 11.6 Å². The van der Waals surface area contributed by atoms with E-state index in [1.165, 1.54) is 31.2 Å². The minimum atomic E-state index is 0.0872. The first kappa shape index (κ1) is 13.8. The topological polar surface area (TPSA) is 33.2 Å². The van der Waals surface area contributed by atoms with E-state index in [0.717, 1.165) is 15.0 Å². The van der Waals surface area contributed by atoms with Crippen LogP contribution in [0.1, 0.15) is 46.8 Å². The summed E-state index contributed by atoms with van der Waals surface area (Å²) in [5.41, 5.74) is 1.20. The van der Waals surface area contributed by atoms with Crippen LogP contribution in [0.2, 0.25) is 5.15 Å². The van der Waals surface area contributed by atoms with Crippen molar-refractivity contribution in [1.82, 2.24) is 9.88 Å². The van der Waals surface area contributed by atoms with Crippen LogP contribution in [0.4, 0.5) is 0 Å². The SMILES string of the molecule is CN(C)C(=O)c1sc2cnc(Cl)cc2c1C1CCCC1. The van der Waals surface area contributed by atoms with E-state index in [0.29, 0.717) is 11.1 Å². The number of carbonyl (C=O) groups is 1. The maximum absolute atomic E-state index is 12.5. The van der Waals surface area contributed by atoms with Crippen LogP contribution in [-0.2, 0) is 0 Å². The van der Waals surface area contributed by atoms with Gasteiger partial charge in [0.05, 0.1) is 9.58 Å². The Kier molecular flexibility index (Phi) is 3.69. The van der Waals surface area contributed by atoms with Gasteiger partial charge in [0, 0.05) is 25.7 Å². The molecule has 3 nitrogen and oxygen atoms in total. The molecule has 0 aliphatic heterocycles. The van der Waals surface area contributed by atoms with Crippen molar-refractivity contribution in [2.75, 3.05) is 14.1 Å². The molecule has 2 heterocycles. The third-order valence-electron chi connectivity index (χ3n) is 3.94. The highest BCUT2D eigenvalue weighted by molar-refractivity contribution is 7.21. The minimum Gasteiger partial charge on any atom is -0.344 e. The smallest absolute Gasteiger partial charge is 0.263 e. The summed E-state index contributed by atoms with van der Waals surface area (Å²) in [6.45, 7) is 0. The summed E-state index contributed by atoms with van der Waals surface area (Å²) >= 11 is 7.59. The van der Waals surface area contributed by atoms with Crippen molar-refractivity contribution < 1.29 is 4.79 Å². The Bertz CT molecular complexity index is 659. The molecular weight excluding hydrogens is 292 g/mol. The second kappa shape index (κ2) is 5.34. The van der Waals surface area contributed by atoms with Gasteiger partial charge in [-0.25, -0.2) is 4.98 Å². The predicted molar refractivity (Wildman–Crippen MR) is 83.9 cm³/mol. The molecule has 0 spiro atoms. The fourth-order valence-corrected chi connectivity index (χ4v) is 4.40. The summed E-state index contributed by atoms with van der Waals surface area (Å²) in [5, 5.41) is 1.62. The fraction of sp³-hybridized carbons (Fsp3) is 0.467. The van der Waals surface area contributed by atoms with Crippen molar-refractivity contribution in [2.45, 2.75) is 31.6 Å². The largest absolute Gasteiger partial charge is 0.344 e. The lowest BCUT2D eigenvalue weighted by Crippen LogP contribution is -2.22. The number of nitrogens with zero attached hydrogens (tertiary/aromatic N) is 2. The van der Waals surface area contributed by atoms with Crippen molar-refractivity contribution in [3.63, 3.8) is 0 Å². The number of hydrogen-bond acceptors (Lipinski definition) is 3. The Hall–Kier alpha value is -1.13. The van der Waals surface area contributed by atoms with Crippen molar-refractivity contribution in [3.05, 3.63) is 27.9 Å². The lowest BCUT2D eigenvalue weighted by molar-refractivity contribution is 0.0831. The lowest BCUT2D eigenvalue weighted by Gasteiger charge is -2.14. The van der Waals surface area contributed by atoms with Gasteiger partial charge < -0.3 is 4.90 Å². The Morgan fingerprint density at radius 3 is 2.75 bits per heavy atom. The highest BCUT2D eigenvalue weighted by atomic mass is 35.5. The molecule has 5 heteroatoms. The van der Waals surface area contributed by atoms with Gasteiger partial charge in [0.1, 0.15) is 5.15 Å². The van der Waals surface area contributed by atoms with E-state index in [-0.39, 0.29) is 5.91 Å². The Labute approximate surface area is 127 Å². The van der Waals surface area contributed by atoms with Crippen LogP contribution in [0.5, 0.6) is 0 Å². The molecule has 2 aromatic rings.